The Labute approximate surface area is 148 Å². The van der Waals surface area contributed by atoms with E-state index in [1.54, 1.807) is 27.5 Å². The zero-order chi connectivity index (χ0) is 18.1. The number of hydrogen-bond donors (Lipinski definition) is 2. The molecule has 1 aliphatic heterocycles. The molecule has 3 aromatic heterocycles. The Hall–Kier alpha value is -3.20. The Balaban J connectivity index is 1.85. The maximum atomic E-state index is 13.0. The van der Waals surface area contributed by atoms with Gasteiger partial charge in [0.2, 0.25) is 0 Å². The zero-order valence-corrected chi connectivity index (χ0v) is 14.0. The number of carbonyl (C=O) groups excluding carboxylic acids is 2. The summed E-state index contributed by atoms with van der Waals surface area (Å²) in [5.41, 5.74) is 6.47. The summed E-state index contributed by atoms with van der Waals surface area (Å²) in [6, 6.07) is 5.16. The van der Waals surface area contributed by atoms with Crippen LogP contribution in [0.3, 0.4) is 0 Å². The Bertz CT molecular complexity index is 954. The molecule has 9 nitrogen and oxygen atoms in total. The molecule has 0 unspecified atom stereocenters. The first-order valence-electron chi connectivity index (χ1n) is 8.37. The van der Waals surface area contributed by atoms with Gasteiger partial charge in [0.25, 0.3) is 11.8 Å². The monoisotopic (exact) mass is 354 g/mol. The van der Waals surface area contributed by atoms with Crippen molar-refractivity contribution in [2.75, 3.05) is 26.2 Å². The molecule has 1 saturated heterocycles. The average Bonchev–Trinajstić information content (AvgIpc) is 3.24. The molecule has 3 aromatic rings. The number of amides is 2. The van der Waals surface area contributed by atoms with E-state index in [0.29, 0.717) is 24.5 Å². The highest BCUT2D eigenvalue weighted by Crippen LogP contribution is 2.24. The van der Waals surface area contributed by atoms with Gasteiger partial charge in [-0.1, -0.05) is 0 Å². The number of furan rings is 1. The Morgan fingerprint density at radius 1 is 1.27 bits per heavy atom. The molecule has 0 bridgehead atoms. The van der Waals surface area contributed by atoms with Crippen molar-refractivity contribution in [2.24, 2.45) is 5.73 Å². The molecule has 4 rings (SSSR count). The van der Waals surface area contributed by atoms with Crippen LogP contribution in [0, 0.1) is 0 Å². The van der Waals surface area contributed by atoms with Gasteiger partial charge in [0.05, 0.1) is 12.0 Å². The number of nitrogens with two attached hydrogens (primary N) is 1. The Morgan fingerprint density at radius 2 is 2.15 bits per heavy atom. The lowest BCUT2D eigenvalue weighted by molar-refractivity contribution is 0.0760. The summed E-state index contributed by atoms with van der Waals surface area (Å²) in [7, 11) is 0. The molecule has 4 heterocycles. The number of imidazole rings is 1. The highest BCUT2D eigenvalue weighted by Gasteiger charge is 2.23. The fourth-order valence-electron chi connectivity index (χ4n) is 3.08. The number of rotatable bonds is 3. The van der Waals surface area contributed by atoms with E-state index in [1.807, 2.05) is 0 Å². The first-order valence-corrected chi connectivity index (χ1v) is 8.37. The molecule has 9 heteroatoms. The van der Waals surface area contributed by atoms with Crippen LogP contribution in [0.1, 0.15) is 27.4 Å². The van der Waals surface area contributed by atoms with E-state index >= 15 is 0 Å². The Morgan fingerprint density at radius 3 is 2.92 bits per heavy atom. The van der Waals surface area contributed by atoms with Crippen molar-refractivity contribution in [1.82, 2.24) is 24.6 Å². The fraction of sp³-hybridized carbons (Fsp3) is 0.294. The van der Waals surface area contributed by atoms with Gasteiger partial charge in [-0.25, -0.2) is 9.97 Å². The van der Waals surface area contributed by atoms with Crippen molar-refractivity contribution < 1.29 is 14.0 Å². The highest BCUT2D eigenvalue weighted by molar-refractivity contribution is 5.99. The van der Waals surface area contributed by atoms with Gasteiger partial charge in [-0.3, -0.25) is 14.0 Å². The van der Waals surface area contributed by atoms with Gasteiger partial charge >= 0.3 is 0 Å². The van der Waals surface area contributed by atoms with Crippen LogP contribution in [0.25, 0.3) is 17.1 Å². The molecule has 0 aromatic carbocycles. The number of primary amides is 1. The summed E-state index contributed by atoms with van der Waals surface area (Å²) in [5.74, 6) is -0.355. The summed E-state index contributed by atoms with van der Waals surface area (Å²) in [5, 5.41) is 3.26. The van der Waals surface area contributed by atoms with E-state index in [2.05, 4.69) is 15.3 Å². The quantitative estimate of drug-likeness (QED) is 0.708. The van der Waals surface area contributed by atoms with Crippen LogP contribution in [-0.4, -0.2) is 57.3 Å². The second-order valence-electron chi connectivity index (χ2n) is 6.05. The van der Waals surface area contributed by atoms with E-state index in [4.69, 9.17) is 10.2 Å². The summed E-state index contributed by atoms with van der Waals surface area (Å²) in [6.07, 6.45) is 3.86. The Kier molecular flexibility index (Phi) is 4.13. The maximum Gasteiger partial charge on any atom is 0.272 e. The summed E-state index contributed by atoms with van der Waals surface area (Å²) in [4.78, 5) is 34.8. The smallest absolute Gasteiger partial charge is 0.272 e. The molecule has 1 fully saturated rings. The minimum absolute atomic E-state index is 0.0185. The molecule has 0 radical (unpaired) electrons. The number of carbonyl (C=O) groups is 2. The highest BCUT2D eigenvalue weighted by atomic mass is 16.3. The molecule has 0 atom stereocenters. The van der Waals surface area contributed by atoms with Crippen molar-refractivity contribution in [3.63, 3.8) is 0 Å². The number of fused-ring (bicyclic) bond motifs is 1. The fourth-order valence-corrected chi connectivity index (χ4v) is 3.08. The number of nitrogens with zero attached hydrogens (tertiary/aromatic N) is 4. The molecule has 26 heavy (non-hydrogen) atoms. The van der Waals surface area contributed by atoms with Gasteiger partial charge < -0.3 is 20.4 Å². The van der Waals surface area contributed by atoms with Gasteiger partial charge in [0, 0.05) is 19.6 Å². The molecular weight excluding hydrogens is 336 g/mol. The second-order valence-corrected chi connectivity index (χ2v) is 6.05. The van der Waals surface area contributed by atoms with E-state index in [1.165, 1.54) is 12.6 Å². The van der Waals surface area contributed by atoms with Crippen LogP contribution in [0.4, 0.5) is 0 Å². The normalized spacial score (nSPS) is 15.2. The lowest BCUT2D eigenvalue weighted by Gasteiger charge is -2.19. The summed E-state index contributed by atoms with van der Waals surface area (Å²) >= 11 is 0. The van der Waals surface area contributed by atoms with Crippen LogP contribution in [-0.2, 0) is 0 Å². The molecule has 3 N–H and O–H groups in total. The van der Waals surface area contributed by atoms with E-state index in [0.717, 1.165) is 19.5 Å². The minimum Gasteiger partial charge on any atom is -0.463 e. The van der Waals surface area contributed by atoms with Crippen LogP contribution < -0.4 is 11.1 Å². The SMILES string of the molecule is NC(=O)c1ncn2c(-c3ccco3)cc(C(=O)N3CCCNCC3)nc12. The topological polar surface area (TPSA) is 119 Å². The third-order valence-corrected chi connectivity index (χ3v) is 4.36. The van der Waals surface area contributed by atoms with Crippen molar-refractivity contribution in [3.05, 3.63) is 42.2 Å². The number of aromatic nitrogens is 3. The molecular formula is C17H18N6O3. The van der Waals surface area contributed by atoms with Gasteiger partial charge in [-0.15, -0.1) is 0 Å². The molecule has 0 spiro atoms. The molecule has 0 saturated carbocycles. The third-order valence-electron chi connectivity index (χ3n) is 4.36. The largest absolute Gasteiger partial charge is 0.463 e. The van der Waals surface area contributed by atoms with Crippen LogP contribution in [0.5, 0.6) is 0 Å². The van der Waals surface area contributed by atoms with Crippen molar-refractivity contribution in [3.8, 4) is 11.5 Å². The van der Waals surface area contributed by atoms with Gasteiger partial charge in [-0.2, -0.15) is 0 Å². The van der Waals surface area contributed by atoms with Crippen molar-refractivity contribution >= 4 is 17.5 Å². The molecule has 0 aliphatic carbocycles. The van der Waals surface area contributed by atoms with E-state index in [-0.39, 0.29) is 22.9 Å². The number of nitrogens with one attached hydrogen (secondary N) is 1. The molecule has 2 amide bonds. The predicted octanol–water partition coefficient (Wildman–Crippen LogP) is 0.524. The minimum atomic E-state index is -0.700. The summed E-state index contributed by atoms with van der Waals surface area (Å²) < 4.78 is 7.07. The van der Waals surface area contributed by atoms with Gasteiger partial charge in [0.15, 0.2) is 17.1 Å². The van der Waals surface area contributed by atoms with Crippen LogP contribution in [0.15, 0.2) is 35.2 Å². The first kappa shape index (κ1) is 16.3. The second kappa shape index (κ2) is 6.60. The summed E-state index contributed by atoms with van der Waals surface area (Å²) in [6.45, 7) is 2.86. The first-order chi connectivity index (χ1) is 12.6. The average molecular weight is 354 g/mol. The van der Waals surface area contributed by atoms with Crippen molar-refractivity contribution in [1.29, 1.82) is 0 Å². The standard InChI is InChI=1S/C17H18N6O3/c18-15(24)14-16-21-11(17(25)22-6-2-4-19-5-7-22)9-12(23(16)10-20-14)13-3-1-8-26-13/h1,3,8-10,19H,2,4-7H2,(H2,18,24). The molecule has 134 valence electrons. The van der Waals surface area contributed by atoms with E-state index < -0.39 is 5.91 Å². The van der Waals surface area contributed by atoms with Gasteiger partial charge in [-0.05, 0) is 31.2 Å². The maximum absolute atomic E-state index is 13.0. The lowest BCUT2D eigenvalue weighted by atomic mass is 10.2. The van der Waals surface area contributed by atoms with Gasteiger partial charge in [0.1, 0.15) is 12.0 Å². The third kappa shape index (κ3) is 2.82. The van der Waals surface area contributed by atoms with Crippen molar-refractivity contribution in [2.45, 2.75) is 6.42 Å². The van der Waals surface area contributed by atoms with E-state index in [9.17, 15) is 9.59 Å². The van der Waals surface area contributed by atoms with Crippen LogP contribution >= 0.6 is 0 Å². The lowest BCUT2D eigenvalue weighted by Crippen LogP contribution is -2.34. The molecule has 1 aliphatic rings. The number of hydrogen-bond acceptors (Lipinski definition) is 6. The predicted molar refractivity (Wildman–Crippen MR) is 92.6 cm³/mol. The van der Waals surface area contributed by atoms with Crippen LogP contribution in [0.2, 0.25) is 0 Å². The zero-order valence-electron chi connectivity index (χ0n) is 14.0.